The van der Waals surface area contributed by atoms with Crippen molar-refractivity contribution in [1.29, 1.82) is 0 Å². The molecule has 0 atom stereocenters. The number of ketones is 1. The molecule has 36 heavy (non-hydrogen) atoms. The van der Waals surface area contributed by atoms with Crippen molar-refractivity contribution in [2.75, 3.05) is 0 Å². The molecule has 0 aliphatic heterocycles. The van der Waals surface area contributed by atoms with E-state index in [2.05, 4.69) is 133 Å². The molecule has 3 radical (unpaired) electrons. The molecule has 0 saturated heterocycles. The molecule has 0 aromatic carbocycles. The molecular weight excluding hydrogens is 1130 g/mol. The predicted octanol–water partition coefficient (Wildman–Crippen LogP) is 12.2. The normalized spacial score (nSPS) is 14.4. The fourth-order valence-corrected chi connectivity index (χ4v) is 1.44. The molecule has 3 aliphatic rings. The summed E-state index contributed by atoms with van der Waals surface area (Å²) in [7, 11) is 0. The van der Waals surface area contributed by atoms with Crippen molar-refractivity contribution in [3.05, 3.63) is 27.9 Å². The van der Waals surface area contributed by atoms with Gasteiger partial charge in [-0.2, -0.15) is 12.8 Å². The summed E-state index contributed by atoms with van der Waals surface area (Å²) in [5, 5.41) is 8.91. The molecule has 0 aromatic heterocycles. The van der Waals surface area contributed by atoms with Crippen molar-refractivity contribution >= 4 is 119 Å². The zero-order valence-corrected chi connectivity index (χ0v) is 38.4. The molecular formula is C26H50I5O2V3-3. The van der Waals surface area contributed by atoms with E-state index in [1.54, 1.807) is 5.57 Å². The number of hydrogen-bond acceptors (Lipinski definition) is 2. The van der Waals surface area contributed by atoms with E-state index in [0.717, 1.165) is 38.5 Å². The molecule has 10 heteroatoms. The SMILES string of the molecule is CC.CC1(O)CCC1.CC1=CCC1.CCC(I)(I)I.CC[CH-]I.O=C1CCC1.[CH2-]CC.[CH2-]I.[V].[V].[V]. The Balaban J connectivity index is -0.0000000421. The Morgan fingerprint density at radius 3 is 1.22 bits per heavy atom. The Morgan fingerprint density at radius 2 is 1.22 bits per heavy atom. The van der Waals surface area contributed by atoms with Gasteiger partial charge < -0.3 is 57.2 Å². The zero-order chi connectivity index (χ0) is 27.3. The van der Waals surface area contributed by atoms with Gasteiger partial charge in [0.2, 0.25) is 0 Å². The van der Waals surface area contributed by atoms with Crippen molar-refractivity contribution in [3.63, 3.8) is 0 Å². The van der Waals surface area contributed by atoms with E-state index >= 15 is 0 Å². The van der Waals surface area contributed by atoms with Crippen LogP contribution in [0.5, 0.6) is 0 Å². The van der Waals surface area contributed by atoms with Gasteiger partial charge in [0.1, 0.15) is 5.22 Å². The van der Waals surface area contributed by atoms with Gasteiger partial charge in [0, 0.05) is 68.5 Å². The Bertz CT molecular complexity index is 397. The number of aliphatic hydroxyl groups is 1. The molecule has 2 fully saturated rings. The van der Waals surface area contributed by atoms with E-state index in [1.807, 2.05) is 50.3 Å². The van der Waals surface area contributed by atoms with E-state index in [-0.39, 0.29) is 61.3 Å². The fourth-order valence-electron chi connectivity index (χ4n) is 1.44. The quantitative estimate of drug-likeness (QED) is 0.129. The first-order valence-electron chi connectivity index (χ1n) is 11.8. The van der Waals surface area contributed by atoms with Crippen LogP contribution in [0.2, 0.25) is 0 Å². The maximum absolute atomic E-state index is 9.90. The maximum Gasteiger partial charge on any atom is 0.132 e. The van der Waals surface area contributed by atoms with Gasteiger partial charge in [-0.05, 0) is 58.8 Å². The summed E-state index contributed by atoms with van der Waals surface area (Å²) in [6, 6.07) is 0. The van der Waals surface area contributed by atoms with Crippen molar-refractivity contribution in [1.82, 2.24) is 0 Å². The smallest absolute Gasteiger partial charge is 0.132 e. The second-order valence-electron chi connectivity index (χ2n) is 7.36. The van der Waals surface area contributed by atoms with Crippen molar-refractivity contribution in [2.45, 2.75) is 124 Å². The largest absolute Gasteiger partial charge is 0.390 e. The Labute approximate surface area is 330 Å². The second-order valence-corrected chi connectivity index (χ2v) is 20.0. The number of allylic oxidation sites excluding steroid dienone is 2. The number of carbonyl (C=O) groups excluding carboxylic acids is 1. The molecule has 3 aliphatic carbocycles. The van der Waals surface area contributed by atoms with Gasteiger partial charge in [-0.1, -0.05) is 114 Å². The Kier molecular flexibility index (Phi) is 77.9. The number of alkyl halides is 3. The third-order valence-corrected chi connectivity index (χ3v) is 7.10. The first-order chi connectivity index (χ1) is 15.4. The van der Waals surface area contributed by atoms with Crippen LogP contribution in [0.1, 0.15) is 119 Å². The van der Waals surface area contributed by atoms with Gasteiger partial charge in [0.15, 0.2) is 0 Å². The van der Waals surface area contributed by atoms with Crippen LogP contribution in [-0.4, -0.2) is 15.9 Å². The minimum absolute atomic E-state index is 0. The molecule has 2 nitrogen and oxygen atoms in total. The molecule has 0 unspecified atom stereocenters. The minimum Gasteiger partial charge on any atom is -0.390 e. The third-order valence-electron chi connectivity index (χ3n) is 3.93. The molecule has 0 amide bonds. The minimum atomic E-state index is -0.278. The number of rotatable bonds is 2. The van der Waals surface area contributed by atoms with Crippen LogP contribution >= 0.6 is 113 Å². The van der Waals surface area contributed by atoms with Gasteiger partial charge in [-0.3, -0.25) is 14.2 Å². The average Bonchev–Trinajstić information content (AvgIpc) is 2.74. The molecule has 0 aromatic rings. The van der Waals surface area contributed by atoms with Crippen LogP contribution in [0.3, 0.4) is 0 Å². The van der Waals surface area contributed by atoms with Gasteiger partial charge in [0.05, 0.1) is 5.60 Å². The van der Waals surface area contributed by atoms with Crippen molar-refractivity contribution < 1.29 is 65.6 Å². The second kappa shape index (κ2) is 46.7. The summed E-state index contributed by atoms with van der Waals surface area (Å²) < 4.78 is 2.55. The average molecular weight is 1180 g/mol. The summed E-state index contributed by atoms with van der Waals surface area (Å²) >= 11 is 11.4. The van der Waals surface area contributed by atoms with Crippen LogP contribution in [0, 0.1) is 16.3 Å². The van der Waals surface area contributed by atoms with Gasteiger partial charge in [-0.15, -0.1) is 0 Å². The summed E-state index contributed by atoms with van der Waals surface area (Å²) in [5.74, 6) is 0.435. The first kappa shape index (κ1) is 60.1. The van der Waals surface area contributed by atoms with Crippen LogP contribution in [0.4, 0.5) is 0 Å². The van der Waals surface area contributed by atoms with Crippen LogP contribution < -0.4 is 0 Å². The molecule has 0 heterocycles. The molecule has 0 spiro atoms. The van der Waals surface area contributed by atoms with Gasteiger partial charge >= 0.3 is 0 Å². The topological polar surface area (TPSA) is 37.3 Å². The number of hydrogen-bond donors (Lipinski definition) is 1. The Hall–Kier alpha value is 4.77. The fraction of sp³-hybridized carbons (Fsp3) is 0.769. The monoisotopic (exact) mass is 1180 g/mol. The number of Topliss-reactive ketones (excluding diaryl/α,β-unsaturated/α-hetero) is 1. The summed E-state index contributed by atoms with van der Waals surface area (Å²) in [4.78, 5) is 13.1. The Morgan fingerprint density at radius 1 is 1.00 bits per heavy atom. The molecule has 1 N–H and O–H groups in total. The maximum atomic E-state index is 9.90. The van der Waals surface area contributed by atoms with E-state index in [0.29, 0.717) is 5.22 Å². The van der Waals surface area contributed by atoms with Crippen LogP contribution in [0.25, 0.3) is 0 Å². The molecule has 219 valence electrons. The van der Waals surface area contributed by atoms with Crippen LogP contribution in [-0.2, 0) is 60.5 Å². The first-order valence-corrected chi connectivity index (χ1v) is 17.8. The van der Waals surface area contributed by atoms with Crippen molar-refractivity contribution in [3.8, 4) is 0 Å². The van der Waals surface area contributed by atoms with E-state index in [1.165, 1.54) is 32.1 Å². The van der Waals surface area contributed by atoms with E-state index in [9.17, 15) is 4.79 Å². The van der Waals surface area contributed by atoms with E-state index < -0.39 is 0 Å². The van der Waals surface area contributed by atoms with Gasteiger partial charge in [0.25, 0.3) is 0 Å². The van der Waals surface area contributed by atoms with Crippen LogP contribution in [0.15, 0.2) is 11.6 Å². The third kappa shape index (κ3) is 66.8. The molecule has 3 rings (SSSR count). The number of halogens is 5. The number of carbonyl (C=O) groups is 1. The molecule has 2 saturated carbocycles. The standard InChI is InChI=1S/C5H10O.C5H8.C4H6O.C3H5I3.C3H6I.C3H7.C2H6.CH2I.3V/c1-5(6)3-2-4-5;1-5-3-2-4-5;5-4-2-1-3-4;1-2-3(4,5)6;1-2-3-4;1-3-2;2*1-2;;;/h6H,2-4H2,1H3;3H,2,4H2,1H3;1-3H2;2H2,1H3;3H,2H2,1H3;1,3H2,2H3;1-2H3;1H2;;;/q;;;;2*-1;;-1;;;. The van der Waals surface area contributed by atoms with Crippen molar-refractivity contribution in [2.24, 2.45) is 0 Å². The summed E-state index contributed by atoms with van der Waals surface area (Å²) in [6.07, 6.45) is 14.4. The predicted molar refractivity (Wildman–Crippen MR) is 196 cm³/mol. The van der Waals surface area contributed by atoms with E-state index in [4.69, 9.17) is 5.11 Å². The summed E-state index contributed by atoms with van der Waals surface area (Å²) in [6.45, 7) is 17.9. The molecule has 0 bridgehead atoms. The summed E-state index contributed by atoms with van der Waals surface area (Å²) in [5.41, 5.74) is 1.28. The van der Waals surface area contributed by atoms with Gasteiger partial charge in [-0.25, -0.2) is 0 Å². The zero-order valence-electron chi connectivity index (χ0n) is 23.4.